The van der Waals surface area contributed by atoms with Crippen molar-refractivity contribution in [2.45, 2.75) is 33.1 Å². The molecular weight excluding hydrogens is 156 g/mol. The van der Waals surface area contributed by atoms with E-state index in [0.717, 1.165) is 19.0 Å². The van der Waals surface area contributed by atoms with E-state index in [1.165, 1.54) is 19.3 Å². The summed E-state index contributed by atoms with van der Waals surface area (Å²) in [4.78, 5) is 0. The first-order chi connectivity index (χ1) is 5.27. The first kappa shape index (κ1) is 11.3. The molecule has 0 heterocycles. The summed E-state index contributed by atoms with van der Waals surface area (Å²) in [5, 5.41) is 0. The number of hydrogen-bond donors (Lipinski definition) is 1. The summed E-state index contributed by atoms with van der Waals surface area (Å²) in [5.41, 5.74) is 0. The highest BCUT2D eigenvalue weighted by molar-refractivity contribution is 7.80. The van der Waals surface area contributed by atoms with Crippen molar-refractivity contribution < 1.29 is 4.74 Å². The van der Waals surface area contributed by atoms with E-state index >= 15 is 0 Å². The number of rotatable bonds is 7. The zero-order valence-corrected chi connectivity index (χ0v) is 8.57. The van der Waals surface area contributed by atoms with E-state index in [1.807, 2.05) is 0 Å². The van der Waals surface area contributed by atoms with Gasteiger partial charge in [0.2, 0.25) is 0 Å². The molecule has 0 aliphatic rings. The van der Waals surface area contributed by atoms with Crippen molar-refractivity contribution in [2.24, 2.45) is 5.92 Å². The van der Waals surface area contributed by atoms with Gasteiger partial charge in [0.05, 0.1) is 0 Å². The second kappa shape index (κ2) is 8.41. The Kier molecular flexibility index (Phi) is 8.64. The molecule has 0 atom stereocenters. The minimum Gasteiger partial charge on any atom is -0.381 e. The maximum atomic E-state index is 5.42. The van der Waals surface area contributed by atoms with Crippen molar-refractivity contribution in [1.29, 1.82) is 0 Å². The Morgan fingerprint density at radius 1 is 1.18 bits per heavy atom. The van der Waals surface area contributed by atoms with Gasteiger partial charge in [-0.15, -0.1) is 0 Å². The normalized spacial score (nSPS) is 10.9. The summed E-state index contributed by atoms with van der Waals surface area (Å²) in [5.74, 6) is 1.67. The lowest BCUT2D eigenvalue weighted by Gasteiger charge is -2.05. The molecule has 68 valence electrons. The first-order valence-electron chi connectivity index (χ1n) is 4.46. The van der Waals surface area contributed by atoms with Gasteiger partial charge in [0.25, 0.3) is 0 Å². The minimum atomic E-state index is 0.667. The van der Waals surface area contributed by atoms with Gasteiger partial charge in [0.1, 0.15) is 0 Å². The predicted octanol–water partition coefficient (Wildman–Crippen LogP) is 2.76. The molecule has 0 fully saturated rings. The molecule has 0 N–H and O–H groups in total. The molecule has 1 nitrogen and oxygen atoms in total. The molecule has 0 spiro atoms. The molecule has 0 radical (unpaired) electrons. The highest BCUT2D eigenvalue weighted by Gasteiger charge is 1.92. The highest BCUT2D eigenvalue weighted by Crippen LogP contribution is 1.99. The molecule has 0 saturated carbocycles. The van der Waals surface area contributed by atoms with Crippen LogP contribution in [0, 0.1) is 5.92 Å². The lowest BCUT2D eigenvalue weighted by molar-refractivity contribution is 0.107. The Balaban J connectivity index is 2.80. The van der Waals surface area contributed by atoms with Gasteiger partial charge in [-0.2, -0.15) is 12.6 Å². The van der Waals surface area contributed by atoms with Gasteiger partial charge in [0.15, 0.2) is 0 Å². The van der Waals surface area contributed by atoms with Crippen LogP contribution in [0.5, 0.6) is 0 Å². The van der Waals surface area contributed by atoms with Crippen LogP contribution in [0.1, 0.15) is 33.1 Å². The van der Waals surface area contributed by atoms with Gasteiger partial charge in [-0.3, -0.25) is 0 Å². The maximum absolute atomic E-state index is 5.42. The Labute approximate surface area is 75.9 Å². The SMILES string of the molecule is CC(C)COCCCCCS. The lowest BCUT2D eigenvalue weighted by atomic mass is 10.2. The van der Waals surface area contributed by atoms with Crippen molar-refractivity contribution in [1.82, 2.24) is 0 Å². The van der Waals surface area contributed by atoms with Crippen LogP contribution in [-0.2, 0) is 4.74 Å². The van der Waals surface area contributed by atoms with E-state index in [9.17, 15) is 0 Å². The smallest absolute Gasteiger partial charge is 0.0488 e. The van der Waals surface area contributed by atoms with Gasteiger partial charge >= 0.3 is 0 Å². The van der Waals surface area contributed by atoms with Gasteiger partial charge in [-0.1, -0.05) is 20.3 Å². The van der Waals surface area contributed by atoms with E-state index in [0.29, 0.717) is 5.92 Å². The van der Waals surface area contributed by atoms with Gasteiger partial charge in [0, 0.05) is 13.2 Å². The van der Waals surface area contributed by atoms with E-state index in [2.05, 4.69) is 26.5 Å². The van der Waals surface area contributed by atoms with Crippen molar-refractivity contribution in [3.63, 3.8) is 0 Å². The number of hydrogen-bond acceptors (Lipinski definition) is 2. The van der Waals surface area contributed by atoms with Gasteiger partial charge in [-0.25, -0.2) is 0 Å². The average molecular weight is 176 g/mol. The minimum absolute atomic E-state index is 0.667. The number of unbranched alkanes of at least 4 members (excludes halogenated alkanes) is 2. The average Bonchev–Trinajstić information content (AvgIpc) is 1.96. The monoisotopic (exact) mass is 176 g/mol. The largest absolute Gasteiger partial charge is 0.381 e. The maximum Gasteiger partial charge on any atom is 0.0488 e. The number of ether oxygens (including phenoxy) is 1. The summed E-state index contributed by atoms with van der Waals surface area (Å²) in [6, 6.07) is 0. The van der Waals surface area contributed by atoms with Crippen LogP contribution >= 0.6 is 12.6 Å². The van der Waals surface area contributed by atoms with Crippen LogP contribution in [-0.4, -0.2) is 19.0 Å². The quantitative estimate of drug-likeness (QED) is 0.463. The fraction of sp³-hybridized carbons (Fsp3) is 1.00. The molecule has 0 aromatic carbocycles. The Hall–Kier alpha value is 0.310. The van der Waals surface area contributed by atoms with Crippen molar-refractivity contribution in [3.05, 3.63) is 0 Å². The molecule has 0 aliphatic heterocycles. The molecular formula is C9H20OS. The Morgan fingerprint density at radius 2 is 1.91 bits per heavy atom. The molecule has 2 heteroatoms. The van der Waals surface area contributed by atoms with Crippen LogP contribution < -0.4 is 0 Å². The summed E-state index contributed by atoms with van der Waals surface area (Å²) in [7, 11) is 0. The zero-order chi connectivity index (χ0) is 8.53. The Bertz CT molecular complexity index is 74.0. The van der Waals surface area contributed by atoms with Crippen LogP contribution in [0.25, 0.3) is 0 Å². The molecule has 0 rings (SSSR count). The van der Waals surface area contributed by atoms with E-state index in [1.54, 1.807) is 0 Å². The predicted molar refractivity (Wildman–Crippen MR) is 53.4 cm³/mol. The van der Waals surface area contributed by atoms with Crippen LogP contribution in [0.3, 0.4) is 0 Å². The summed E-state index contributed by atoms with van der Waals surface area (Å²) >= 11 is 4.14. The summed E-state index contributed by atoms with van der Waals surface area (Å²) in [6.45, 7) is 6.17. The van der Waals surface area contributed by atoms with E-state index in [4.69, 9.17) is 4.74 Å². The zero-order valence-electron chi connectivity index (χ0n) is 7.68. The molecule has 0 aromatic heterocycles. The standard InChI is InChI=1S/C9H20OS/c1-9(2)8-10-6-4-3-5-7-11/h9,11H,3-8H2,1-2H3. The molecule has 0 amide bonds. The Morgan fingerprint density at radius 3 is 2.45 bits per heavy atom. The molecule has 0 saturated heterocycles. The molecule has 0 unspecified atom stereocenters. The molecule has 11 heavy (non-hydrogen) atoms. The number of thiol groups is 1. The molecule has 0 aliphatic carbocycles. The lowest BCUT2D eigenvalue weighted by Crippen LogP contribution is -2.02. The topological polar surface area (TPSA) is 9.23 Å². The second-order valence-electron chi connectivity index (χ2n) is 3.25. The van der Waals surface area contributed by atoms with Crippen LogP contribution in [0.4, 0.5) is 0 Å². The van der Waals surface area contributed by atoms with E-state index in [-0.39, 0.29) is 0 Å². The van der Waals surface area contributed by atoms with Crippen LogP contribution in [0.15, 0.2) is 0 Å². The fourth-order valence-corrected chi connectivity index (χ4v) is 1.04. The molecule has 0 bridgehead atoms. The third-order valence-corrected chi connectivity index (χ3v) is 1.71. The third-order valence-electron chi connectivity index (χ3n) is 1.40. The van der Waals surface area contributed by atoms with Crippen molar-refractivity contribution in [3.8, 4) is 0 Å². The van der Waals surface area contributed by atoms with E-state index < -0.39 is 0 Å². The fourth-order valence-electron chi connectivity index (χ4n) is 0.812. The second-order valence-corrected chi connectivity index (χ2v) is 3.70. The van der Waals surface area contributed by atoms with Gasteiger partial charge < -0.3 is 4.74 Å². The highest BCUT2D eigenvalue weighted by atomic mass is 32.1. The first-order valence-corrected chi connectivity index (χ1v) is 5.09. The molecule has 0 aromatic rings. The summed E-state index contributed by atoms with van der Waals surface area (Å²) < 4.78 is 5.42. The third kappa shape index (κ3) is 10.3. The summed E-state index contributed by atoms with van der Waals surface area (Å²) in [6.07, 6.45) is 3.66. The van der Waals surface area contributed by atoms with Gasteiger partial charge in [-0.05, 0) is 24.5 Å². The van der Waals surface area contributed by atoms with Crippen molar-refractivity contribution in [2.75, 3.05) is 19.0 Å². The van der Waals surface area contributed by atoms with Crippen molar-refractivity contribution >= 4 is 12.6 Å². The van der Waals surface area contributed by atoms with Crippen LogP contribution in [0.2, 0.25) is 0 Å².